The molecule has 0 aliphatic carbocycles. The molecule has 0 saturated heterocycles. The van der Waals surface area contributed by atoms with Gasteiger partial charge in [-0.15, -0.1) is 0 Å². The average Bonchev–Trinajstić information content (AvgIpc) is 2.29. The third-order valence-electron chi connectivity index (χ3n) is 3.28. The predicted molar refractivity (Wildman–Crippen MR) is 83.1 cm³/mol. The number of hydrogen-bond donors (Lipinski definition) is 1. The fraction of sp³-hybridized carbons (Fsp3) is 1.00. The third-order valence-corrected chi connectivity index (χ3v) is 3.28. The Labute approximate surface area is 116 Å². The Morgan fingerprint density at radius 2 is 1.50 bits per heavy atom. The van der Waals surface area contributed by atoms with Crippen LogP contribution >= 0.6 is 0 Å². The number of unbranched alkanes of at least 4 members (excludes halogenated alkanes) is 3. The summed E-state index contributed by atoms with van der Waals surface area (Å²) in [5.74, 6) is 1.61. The van der Waals surface area contributed by atoms with E-state index in [9.17, 15) is 0 Å². The first-order chi connectivity index (χ1) is 8.52. The highest BCUT2D eigenvalue weighted by Crippen LogP contribution is 2.04. The van der Waals surface area contributed by atoms with E-state index in [4.69, 9.17) is 0 Å². The molecule has 0 saturated carbocycles. The minimum atomic E-state index is 0.777. The number of rotatable bonds is 12. The van der Waals surface area contributed by atoms with Crippen molar-refractivity contribution in [2.45, 2.75) is 59.8 Å². The molecule has 0 aliphatic heterocycles. The van der Waals surface area contributed by atoms with Crippen LogP contribution in [0, 0.1) is 11.8 Å². The fourth-order valence-electron chi connectivity index (χ4n) is 1.97. The van der Waals surface area contributed by atoms with Gasteiger partial charge in [-0.25, -0.2) is 0 Å². The van der Waals surface area contributed by atoms with Crippen molar-refractivity contribution >= 4 is 0 Å². The summed E-state index contributed by atoms with van der Waals surface area (Å²) in [7, 11) is 2.26. The Bertz CT molecular complexity index is 166. The van der Waals surface area contributed by atoms with E-state index in [-0.39, 0.29) is 0 Å². The second-order valence-corrected chi connectivity index (χ2v) is 6.50. The van der Waals surface area contributed by atoms with Gasteiger partial charge in [0, 0.05) is 0 Å². The van der Waals surface area contributed by atoms with Crippen molar-refractivity contribution in [1.82, 2.24) is 10.2 Å². The predicted octanol–water partition coefficient (Wildman–Crippen LogP) is 3.77. The molecule has 0 heterocycles. The maximum atomic E-state index is 3.51. The van der Waals surface area contributed by atoms with Gasteiger partial charge in [0.2, 0.25) is 0 Å². The lowest BCUT2D eigenvalue weighted by molar-refractivity contribution is 0.302. The molecule has 0 radical (unpaired) electrons. The van der Waals surface area contributed by atoms with Crippen LogP contribution in [0.1, 0.15) is 59.8 Å². The van der Waals surface area contributed by atoms with E-state index in [1.54, 1.807) is 0 Å². The highest BCUT2D eigenvalue weighted by atomic mass is 15.1. The molecule has 0 spiro atoms. The maximum absolute atomic E-state index is 3.51. The van der Waals surface area contributed by atoms with Crippen molar-refractivity contribution in [2.75, 3.05) is 33.2 Å². The molecule has 0 aromatic rings. The molecule has 1 N–H and O–H groups in total. The summed E-state index contributed by atoms with van der Waals surface area (Å²) in [6, 6.07) is 0. The largest absolute Gasteiger partial charge is 0.316 e. The molecule has 2 heteroatoms. The first kappa shape index (κ1) is 17.9. The van der Waals surface area contributed by atoms with Gasteiger partial charge in [0.25, 0.3) is 0 Å². The van der Waals surface area contributed by atoms with Crippen LogP contribution < -0.4 is 5.32 Å². The van der Waals surface area contributed by atoms with Gasteiger partial charge in [-0.05, 0) is 64.3 Å². The summed E-state index contributed by atoms with van der Waals surface area (Å²) in [4.78, 5) is 2.48. The van der Waals surface area contributed by atoms with Crippen molar-refractivity contribution in [2.24, 2.45) is 11.8 Å². The zero-order valence-corrected chi connectivity index (χ0v) is 13.5. The van der Waals surface area contributed by atoms with Crippen molar-refractivity contribution in [1.29, 1.82) is 0 Å². The Morgan fingerprint density at radius 1 is 0.833 bits per heavy atom. The van der Waals surface area contributed by atoms with Crippen LogP contribution in [-0.4, -0.2) is 38.1 Å². The lowest BCUT2D eigenvalue weighted by atomic mass is 10.1. The van der Waals surface area contributed by atoms with Gasteiger partial charge in [0.15, 0.2) is 0 Å². The molecule has 0 rings (SSSR count). The SMILES string of the molecule is CC(C)CCN(C)CCCCCCNCC(C)C. The van der Waals surface area contributed by atoms with Crippen LogP contribution in [0.4, 0.5) is 0 Å². The summed E-state index contributed by atoms with van der Waals surface area (Å²) in [6.45, 7) is 14.0. The zero-order chi connectivity index (χ0) is 13.8. The molecule has 0 unspecified atom stereocenters. The summed E-state index contributed by atoms with van der Waals surface area (Å²) < 4.78 is 0. The third kappa shape index (κ3) is 14.0. The second-order valence-electron chi connectivity index (χ2n) is 6.50. The second kappa shape index (κ2) is 12.0. The Hall–Kier alpha value is -0.0800. The van der Waals surface area contributed by atoms with Crippen LogP contribution in [0.5, 0.6) is 0 Å². The highest BCUT2D eigenvalue weighted by molar-refractivity contribution is 4.56. The van der Waals surface area contributed by atoms with E-state index in [1.165, 1.54) is 51.7 Å². The lowest BCUT2D eigenvalue weighted by Crippen LogP contribution is -2.22. The molecule has 110 valence electrons. The smallest absolute Gasteiger partial charge is 0.00194 e. The van der Waals surface area contributed by atoms with E-state index in [0.717, 1.165) is 18.4 Å². The summed E-state index contributed by atoms with van der Waals surface area (Å²) >= 11 is 0. The van der Waals surface area contributed by atoms with Gasteiger partial charge in [-0.3, -0.25) is 0 Å². The Kier molecular flexibility index (Phi) is 11.9. The average molecular weight is 256 g/mol. The molecule has 2 nitrogen and oxygen atoms in total. The monoisotopic (exact) mass is 256 g/mol. The summed E-state index contributed by atoms with van der Waals surface area (Å²) in [6.07, 6.45) is 6.79. The Morgan fingerprint density at radius 3 is 2.11 bits per heavy atom. The lowest BCUT2D eigenvalue weighted by Gasteiger charge is -2.17. The van der Waals surface area contributed by atoms with Crippen LogP contribution in [0.15, 0.2) is 0 Å². The maximum Gasteiger partial charge on any atom is -0.00194 e. The van der Waals surface area contributed by atoms with E-state index < -0.39 is 0 Å². The van der Waals surface area contributed by atoms with Crippen LogP contribution in [0.2, 0.25) is 0 Å². The quantitative estimate of drug-likeness (QED) is 0.535. The molecular weight excluding hydrogens is 220 g/mol. The minimum Gasteiger partial charge on any atom is -0.316 e. The molecule has 0 aliphatic rings. The van der Waals surface area contributed by atoms with Gasteiger partial charge in [-0.2, -0.15) is 0 Å². The number of hydrogen-bond acceptors (Lipinski definition) is 2. The first-order valence-corrected chi connectivity index (χ1v) is 7.91. The molecule has 18 heavy (non-hydrogen) atoms. The molecule has 0 bridgehead atoms. The molecule has 0 fully saturated rings. The van der Waals surface area contributed by atoms with Crippen molar-refractivity contribution < 1.29 is 0 Å². The summed E-state index contributed by atoms with van der Waals surface area (Å²) in [5.41, 5.74) is 0. The standard InChI is InChI=1S/C16H36N2/c1-15(2)10-13-18(5)12-9-7-6-8-11-17-14-16(3)4/h15-17H,6-14H2,1-5H3. The number of nitrogens with zero attached hydrogens (tertiary/aromatic N) is 1. The fourth-order valence-corrected chi connectivity index (χ4v) is 1.97. The minimum absolute atomic E-state index is 0.777. The van der Waals surface area contributed by atoms with Crippen LogP contribution in [-0.2, 0) is 0 Å². The zero-order valence-electron chi connectivity index (χ0n) is 13.5. The summed E-state index contributed by atoms with van der Waals surface area (Å²) in [5, 5.41) is 3.51. The molecule has 0 aromatic carbocycles. The highest BCUT2D eigenvalue weighted by Gasteiger charge is 2.00. The van der Waals surface area contributed by atoms with Crippen molar-refractivity contribution in [3.8, 4) is 0 Å². The van der Waals surface area contributed by atoms with Gasteiger partial charge in [0.1, 0.15) is 0 Å². The van der Waals surface area contributed by atoms with Gasteiger partial charge in [0.05, 0.1) is 0 Å². The van der Waals surface area contributed by atoms with E-state index in [2.05, 4.69) is 45.0 Å². The molecular formula is C16H36N2. The topological polar surface area (TPSA) is 15.3 Å². The van der Waals surface area contributed by atoms with Gasteiger partial charge in [-0.1, -0.05) is 40.5 Å². The first-order valence-electron chi connectivity index (χ1n) is 7.91. The van der Waals surface area contributed by atoms with Crippen molar-refractivity contribution in [3.63, 3.8) is 0 Å². The van der Waals surface area contributed by atoms with Gasteiger partial charge >= 0.3 is 0 Å². The van der Waals surface area contributed by atoms with E-state index >= 15 is 0 Å². The van der Waals surface area contributed by atoms with Crippen LogP contribution in [0.3, 0.4) is 0 Å². The molecule has 0 atom stereocenters. The molecule has 0 aromatic heterocycles. The van der Waals surface area contributed by atoms with Gasteiger partial charge < -0.3 is 10.2 Å². The Balaban J connectivity index is 3.15. The van der Waals surface area contributed by atoms with E-state index in [0.29, 0.717) is 0 Å². The number of nitrogens with one attached hydrogen (secondary N) is 1. The normalized spacial score (nSPS) is 12.0. The molecule has 0 amide bonds. The van der Waals surface area contributed by atoms with Crippen LogP contribution in [0.25, 0.3) is 0 Å². The van der Waals surface area contributed by atoms with Crippen molar-refractivity contribution in [3.05, 3.63) is 0 Å². The van der Waals surface area contributed by atoms with E-state index in [1.807, 2.05) is 0 Å².